The van der Waals surface area contributed by atoms with Crippen LogP contribution in [0.1, 0.15) is 71.6 Å². The maximum atomic E-state index is 13.9. The molecule has 0 unspecified atom stereocenters. The Morgan fingerprint density at radius 3 is 2.31 bits per heavy atom. The van der Waals surface area contributed by atoms with E-state index in [0.29, 0.717) is 23.3 Å². The summed E-state index contributed by atoms with van der Waals surface area (Å²) in [7, 11) is 0. The lowest BCUT2D eigenvalue weighted by Gasteiger charge is -2.22. The van der Waals surface area contributed by atoms with Gasteiger partial charge in [0.1, 0.15) is 16.5 Å². The van der Waals surface area contributed by atoms with Crippen molar-refractivity contribution >= 4 is 28.9 Å². The summed E-state index contributed by atoms with van der Waals surface area (Å²) in [5, 5.41) is 14.0. The summed E-state index contributed by atoms with van der Waals surface area (Å²) in [6.45, 7) is 4.40. The van der Waals surface area contributed by atoms with Crippen LogP contribution in [-0.4, -0.2) is 36.9 Å². The summed E-state index contributed by atoms with van der Waals surface area (Å²) in [6, 6.07) is 13.9. The van der Waals surface area contributed by atoms with Crippen LogP contribution in [0.3, 0.4) is 0 Å². The molecule has 39 heavy (non-hydrogen) atoms. The number of rotatable bonds is 8. The molecule has 8 heteroatoms. The van der Waals surface area contributed by atoms with Gasteiger partial charge in [-0.25, -0.2) is 18.9 Å². The zero-order chi connectivity index (χ0) is 26.8. The van der Waals surface area contributed by atoms with E-state index in [1.54, 1.807) is 23.9 Å². The first-order valence-electron chi connectivity index (χ1n) is 14.4. The van der Waals surface area contributed by atoms with Crippen LogP contribution >= 0.6 is 11.8 Å². The fourth-order valence-corrected chi connectivity index (χ4v) is 6.81. The van der Waals surface area contributed by atoms with Crippen molar-refractivity contribution in [3.05, 3.63) is 54.5 Å². The zero-order valence-electron chi connectivity index (χ0n) is 22.8. The molecule has 2 N–H and O–H groups in total. The maximum Gasteiger partial charge on any atom is 0.223 e. The third-order valence-electron chi connectivity index (χ3n) is 7.75. The molecule has 3 heterocycles. The molecule has 4 aromatic rings. The van der Waals surface area contributed by atoms with Gasteiger partial charge < -0.3 is 10.6 Å². The molecule has 0 radical (unpaired) electrons. The lowest BCUT2D eigenvalue weighted by molar-refractivity contribution is 0.461. The van der Waals surface area contributed by atoms with Crippen LogP contribution in [0.2, 0.25) is 0 Å². The van der Waals surface area contributed by atoms with Gasteiger partial charge in [0.15, 0.2) is 0 Å². The van der Waals surface area contributed by atoms with E-state index in [0.717, 1.165) is 51.6 Å². The highest BCUT2D eigenvalue weighted by Crippen LogP contribution is 2.39. The number of fused-ring (bicyclic) bond motifs is 1. The normalized spacial score (nSPS) is 16.8. The fourth-order valence-electron chi connectivity index (χ4n) is 5.89. The lowest BCUT2D eigenvalue weighted by Crippen LogP contribution is -2.23. The predicted octanol–water partition coefficient (Wildman–Crippen LogP) is 8.20. The number of benzene rings is 1. The Morgan fingerprint density at radius 2 is 1.59 bits per heavy atom. The second kappa shape index (κ2) is 11.5. The molecule has 0 aliphatic heterocycles. The van der Waals surface area contributed by atoms with Crippen molar-refractivity contribution in [3.8, 4) is 22.5 Å². The summed E-state index contributed by atoms with van der Waals surface area (Å²) >= 11 is 1.80. The van der Waals surface area contributed by atoms with Crippen molar-refractivity contribution < 1.29 is 4.39 Å². The van der Waals surface area contributed by atoms with Gasteiger partial charge in [-0.15, -0.1) is 11.8 Å². The minimum atomic E-state index is -0.260. The van der Waals surface area contributed by atoms with Crippen LogP contribution < -0.4 is 10.6 Å². The van der Waals surface area contributed by atoms with Crippen molar-refractivity contribution in [1.29, 1.82) is 0 Å². The third-order valence-corrected chi connectivity index (χ3v) is 8.75. The number of thioether (sulfide) groups is 1. The molecule has 0 bridgehead atoms. The van der Waals surface area contributed by atoms with Gasteiger partial charge in [0.2, 0.25) is 5.95 Å². The molecule has 204 valence electrons. The summed E-state index contributed by atoms with van der Waals surface area (Å²) in [4.78, 5) is 9.57. The number of nitrogens with one attached hydrogen (secondary N) is 2. The molecule has 6 rings (SSSR count). The maximum absolute atomic E-state index is 13.9. The number of nitrogens with zero attached hydrogens (tertiary/aromatic N) is 4. The average Bonchev–Trinajstić information content (AvgIpc) is 3.58. The summed E-state index contributed by atoms with van der Waals surface area (Å²) < 4.78 is 15.9. The van der Waals surface area contributed by atoms with Gasteiger partial charge in [0, 0.05) is 34.8 Å². The Kier molecular flexibility index (Phi) is 7.73. The van der Waals surface area contributed by atoms with E-state index in [2.05, 4.69) is 41.6 Å². The first kappa shape index (κ1) is 26.1. The summed E-state index contributed by atoms with van der Waals surface area (Å²) in [5.74, 6) is 0.394. The summed E-state index contributed by atoms with van der Waals surface area (Å²) in [6.07, 6.45) is 12.9. The van der Waals surface area contributed by atoms with E-state index >= 15 is 0 Å². The molecule has 1 aromatic carbocycles. The van der Waals surface area contributed by atoms with Crippen LogP contribution in [-0.2, 0) is 0 Å². The van der Waals surface area contributed by atoms with Crippen LogP contribution in [0.25, 0.3) is 28.0 Å². The number of anilines is 2. The molecule has 2 aliphatic rings. The van der Waals surface area contributed by atoms with E-state index in [1.165, 1.54) is 57.1 Å². The third kappa shape index (κ3) is 5.91. The van der Waals surface area contributed by atoms with Crippen LogP contribution in [0, 0.1) is 5.82 Å². The first-order valence-corrected chi connectivity index (χ1v) is 15.3. The highest BCUT2D eigenvalue weighted by atomic mass is 32.2. The number of pyridine rings is 1. The quantitative estimate of drug-likeness (QED) is 0.218. The first-order chi connectivity index (χ1) is 19.0. The Labute approximate surface area is 234 Å². The van der Waals surface area contributed by atoms with Crippen molar-refractivity contribution in [2.75, 3.05) is 10.6 Å². The van der Waals surface area contributed by atoms with E-state index in [1.807, 2.05) is 16.8 Å². The molecule has 6 nitrogen and oxygen atoms in total. The van der Waals surface area contributed by atoms with E-state index in [4.69, 9.17) is 10.1 Å². The molecule has 0 amide bonds. The smallest absolute Gasteiger partial charge is 0.223 e. The summed E-state index contributed by atoms with van der Waals surface area (Å²) in [5.41, 5.74) is 5.51. The van der Waals surface area contributed by atoms with Crippen molar-refractivity contribution in [2.24, 2.45) is 0 Å². The van der Waals surface area contributed by atoms with Gasteiger partial charge in [0.05, 0.1) is 16.8 Å². The molecule has 2 aliphatic carbocycles. The lowest BCUT2D eigenvalue weighted by atomic mass is 9.96. The molecular formula is C31H37FN6S. The van der Waals surface area contributed by atoms with Crippen molar-refractivity contribution in [1.82, 2.24) is 19.6 Å². The van der Waals surface area contributed by atoms with Gasteiger partial charge in [-0.3, -0.25) is 0 Å². The highest BCUT2D eigenvalue weighted by Gasteiger charge is 2.23. The van der Waals surface area contributed by atoms with Gasteiger partial charge in [-0.2, -0.15) is 5.10 Å². The van der Waals surface area contributed by atoms with E-state index in [-0.39, 0.29) is 5.82 Å². The Morgan fingerprint density at radius 1 is 0.897 bits per heavy atom. The Hall–Kier alpha value is -3.13. The molecule has 0 atom stereocenters. The second-order valence-electron chi connectivity index (χ2n) is 11.1. The zero-order valence-corrected chi connectivity index (χ0v) is 23.6. The molecule has 3 aromatic heterocycles. The SMILES string of the molecule is CC(C)Sc1cc(NC2CCCC2)cc2c(-c3ccnc(NC4CCCCC4)n3)c(-c3ccc(F)cc3)nn12. The molecule has 0 spiro atoms. The molecular weight excluding hydrogens is 507 g/mol. The van der Waals surface area contributed by atoms with Crippen LogP contribution in [0.4, 0.5) is 16.0 Å². The number of halogens is 1. The van der Waals surface area contributed by atoms with E-state index < -0.39 is 0 Å². The predicted molar refractivity (Wildman–Crippen MR) is 159 cm³/mol. The minimum absolute atomic E-state index is 0.260. The molecule has 0 saturated heterocycles. The van der Waals surface area contributed by atoms with Gasteiger partial charge in [-0.05, 0) is 68.1 Å². The standard InChI is InChI=1S/C31H37FN6S/c1-20(2)39-28-19-25(34-23-10-6-7-11-23)18-27-29(30(37-38(27)28)21-12-14-22(32)15-13-21)26-16-17-33-31(36-26)35-24-8-4-3-5-9-24/h12-20,23-24,34H,3-11H2,1-2H3,(H,33,35,36). The van der Waals surface area contributed by atoms with Crippen molar-refractivity contribution in [2.45, 2.75) is 94.0 Å². The van der Waals surface area contributed by atoms with E-state index in [9.17, 15) is 4.39 Å². The average molecular weight is 545 g/mol. The highest BCUT2D eigenvalue weighted by molar-refractivity contribution is 7.99. The molecule has 2 fully saturated rings. The second-order valence-corrected chi connectivity index (χ2v) is 12.7. The number of hydrogen-bond donors (Lipinski definition) is 2. The Balaban J connectivity index is 1.50. The number of hydrogen-bond acceptors (Lipinski definition) is 6. The fraction of sp³-hybridized carbons (Fsp3) is 0.452. The Bertz CT molecular complexity index is 1420. The molecule has 2 saturated carbocycles. The van der Waals surface area contributed by atoms with Gasteiger partial charge in [0.25, 0.3) is 0 Å². The largest absolute Gasteiger partial charge is 0.382 e. The van der Waals surface area contributed by atoms with Crippen molar-refractivity contribution in [3.63, 3.8) is 0 Å². The topological polar surface area (TPSA) is 67.1 Å². The van der Waals surface area contributed by atoms with Crippen LogP contribution in [0.15, 0.2) is 53.7 Å². The van der Waals surface area contributed by atoms with Gasteiger partial charge >= 0.3 is 0 Å². The van der Waals surface area contributed by atoms with Crippen LogP contribution in [0.5, 0.6) is 0 Å². The van der Waals surface area contributed by atoms with Gasteiger partial charge in [-0.1, -0.05) is 46.0 Å². The number of aromatic nitrogens is 4. The minimum Gasteiger partial charge on any atom is -0.382 e. The monoisotopic (exact) mass is 544 g/mol.